The van der Waals surface area contributed by atoms with E-state index in [1.54, 1.807) is 0 Å². The molecule has 0 bridgehead atoms. The van der Waals surface area contributed by atoms with Crippen LogP contribution in [0.2, 0.25) is 0 Å². The number of aromatic nitrogens is 3. The Labute approximate surface area is 306 Å². The molecule has 12 rings (SSSR count). The van der Waals surface area contributed by atoms with Gasteiger partial charge in [0.25, 0.3) is 0 Å². The van der Waals surface area contributed by atoms with E-state index in [0.29, 0.717) is 0 Å². The van der Waals surface area contributed by atoms with E-state index in [4.69, 9.17) is 4.98 Å². The van der Waals surface area contributed by atoms with Crippen LogP contribution in [-0.2, 0) is 5.41 Å². The number of imidazole rings is 1. The fourth-order valence-electron chi connectivity index (χ4n) is 9.64. The van der Waals surface area contributed by atoms with Crippen LogP contribution in [0.3, 0.4) is 0 Å². The van der Waals surface area contributed by atoms with Gasteiger partial charge in [0.2, 0.25) is 0 Å². The van der Waals surface area contributed by atoms with Crippen molar-refractivity contribution >= 4 is 70.9 Å². The fourth-order valence-corrected chi connectivity index (χ4v) is 9.64. The number of para-hydroxylation sites is 3. The van der Waals surface area contributed by atoms with Crippen LogP contribution in [0.5, 0.6) is 0 Å². The second-order valence-electron chi connectivity index (χ2n) is 15.2. The Kier molecular flexibility index (Phi) is 5.57. The lowest BCUT2D eigenvalue weighted by atomic mass is 9.81. The highest BCUT2D eigenvalue weighted by molar-refractivity contribution is 6.22. The number of nitrogens with zero attached hydrogens (tertiary/aromatic N) is 3. The van der Waals surface area contributed by atoms with Crippen molar-refractivity contribution in [3.63, 3.8) is 0 Å². The summed E-state index contributed by atoms with van der Waals surface area (Å²) in [6.45, 7) is 4.73. The Morgan fingerprint density at radius 2 is 1.11 bits per heavy atom. The van der Waals surface area contributed by atoms with E-state index in [0.717, 1.165) is 33.3 Å². The summed E-state index contributed by atoms with van der Waals surface area (Å²) in [5.41, 5.74) is 15.8. The van der Waals surface area contributed by atoms with Crippen LogP contribution in [0.25, 0.3) is 98.9 Å². The van der Waals surface area contributed by atoms with Crippen LogP contribution >= 0.6 is 0 Å². The third kappa shape index (κ3) is 3.76. The molecule has 0 aliphatic heterocycles. The van der Waals surface area contributed by atoms with Crippen LogP contribution in [0.4, 0.5) is 0 Å². The largest absolute Gasteiger partial charge is 0.309 e. The van der Waals surface area contributed by atoms with Crippen LogP contribution in [-0.4, -0.2) is 14.0 Å². The Morgan fingerprint density at radius 3 is 1.98 bits per heavy atom. The summed E-state index contributed by atoms with van der Waals surface area (Å²) in [6.07, 6.45) is 0. The summed E-state index contributed by atoms with van der Waals surface area (Å²) in [4.78, 5) is 5.11. The molecule has 1 aliphatic rings. The van der Waals surface area contributed by atoms with Crippen LogP contribution in [0.15, 0.2) is 164 Å². The summed E-state index contributed by atoms with van der Waals surface area (Å²) in [5.74, 6) is 0. The average Bonchev–Trinajstić information content (AvgIpc) is 3.84. The maximum Gasteiger partial charge on any atom is 0.146 e. The molecule has 0 saturated heterocycles. The van der Waals surface area contributed by atoms with E-state index in [-0.39, 0.29) is 5.41 Å². The van der Waals surface area contributed by atoms with Crippen molar-refractivity contribution in [1.29, 1.82) is 0 Å². The van der Waals surface area contributed by atoms with Gasteiger partial charge in [0.15, 0.2) is 0 Å². The molecule has 0 amide bonds. The second-order valence-corrected chi connectivity index (χ2v) is 15.2. The molecule has 0 fully saturated rings. The number of hydrogen-bond acceptors (Lipinski definition) is 1. The normalized spacial score (nSPS) is 13.6. The van der Waals surface area contributed by atoms with Crippen LogP contribution in [0, 0.1) is 0 Å². The molecule has 8 aromatic carbocycles. The van der Waals surface area contributed by atoms with Gasteiger partial charge in [-0.15, -0.1) is 0 Å². The second kappa shape index (κ2) is 10.2. The molecule has 3 heterocycles. The Morgan fingerprint density at radius 1 is 0.434 bits per heavy atom. The highest BCUT2D eigenvalue weighted by Crippen LogP contribution is 2.50. The van der Waals surface area contributed by atoms with Gasteiger partial charge in [-0.2, -0.15) is 0 Å². The lowest BCUT2D eigenvalue weighted by Crippen LogP contribution is -2.14. The molecule has 3 aromatic heterocycles. The summed E-state index contributed by atoms with van der Waals surface area (Å²) >= 11 is 0. The van der Waals surface area contributed by atoms with Gasteiger partial charge in [0.05, 0.1) is 27.6 Å². The Bertz CT molecular complexity index is 3370. The van der Waals surface area contributed by atoms with Gasteiger partial charge >= 0.3 is 0 Å². The molecule has 0 N–H and O–H groups in total. The first-order valence-corrected chi connectivity index (χ1v) is 18.5. The molecule has 248 valence electrons. The molecule has 0 atom stereocenters. The van der Waals surface area contributed by atoms with Crippen LogP contribution < -0.4 is 0 Å². The minimum Gasteiger partial charge on any atom is -0.309 e. The standard InChI is InChI=1S/C50H33N3/c1-50(2)42-19-9-7-15-34(42)35-25-23-30(27-43(35)50)39-29-41-36-16-8-11-21-45(36)52(48(41)37-17-5-3-13-32(37)39)31-24-26-46-40(28-31)33-14-4-6-18-38(33)49-51-44-20-10-12-22-47(44)53(46)49/h3-29H,1-2H3. The van der Waals surface area contributed by atoms with Crippen molar-refractivity contribution in [3.8, 4) is 27.9 Å². The first-order chi connectivity index (χ1) is 26.1. The molecule has 0 saturated carbocycles. The SMILES string of the molecule is CC1(C)c2ccccc2-c2ccc(-c3cc4c5ccccc5n(-c5ccc6c(c5)c5ccccc5c5nc7ccccc7n65)c4c4ccccc34)cc21. The summed E-state index contributed by atoms with van der Waals surface area (Å²) in [7, 11) is 0. The minimum absolute atomic E-state index is 0.0628. The zero-order valence-corrected chi connectivity index (χ0v) is 29.4. The summed E-state index contributed by atoms with van der Waals surface area (Å²) in [5, 5.41) is 8.61. The number of pyridine rings is 1. The van der Waals surface area contributed by atoms with Crippen LogP contribution in [0.1, 0.15) is 25.0 Å². The number of fused-ring (bicyclic) bond motifs is 16. The highest BCUT2D eigenvalue weighted by atomic mass is 15.0. The molecular formula is C50H33N3. The van der Waals surface area contributed by atoms with E-state index in [2.05, 4.69) is 187 Å². The molecule has 53 heavy (non-hydrogen) atoms. The predicted octanol–water partition coefficient (Wildman–Crippen LogP) is 13.0. The predicted molar refractivity (Wildman–Crippen MR) is 223 cm³/mol. The van der Waals surface area contributed by atoms with E-state index in [9.17, 15) is 0 Å². The lowest BCUT2D eigenvalue weighted by Gasteiger charge is -2.22. The molecule has 3 nitrogen and oxygen atoms in total. The monoisotopic (exact) mass is 675 g/mol. The Hall–Kier alpha value is -6.71. The van der Waals surface area contributed by atoms with Gasteiger partial charge in [0, 0.05) is 38.0 Å². The first-order valence-electron chi connectivity index (χ1n) is 18.5. The van der Waals surface area contributed by atoms with E-state index < -0.39 is 0 Å². The van der Waals surface area contributed by atoms with Gasteiger partial charge in [-0.25, -0.2) is 4.98 Å². The van der Waals surface area contributed by atoms with Gasteiger partial charge in [0.1, 0.15) is 5.65 Å². The van der Waals surface area contributed by atoms with Crippen molar-refractivity contribution in [3.05, 3.63) is 175 Å². The highest BCUT2D eigenvalue weighted by Gasteiger charge is 2.35. The smallest absolute Gasteiger partial charge is 0.146 e. The topological polar surface area (TPSA) is 22.2 Å². The minimum atomic E-state index is -0.0628. The molecule has 0 spiro atoms. The van der Waals surface area contributed by atoms with Crippen molar-refractivity contribution < 1.29 is 0 Å². The maximum atomic E-state index is 5.11. The molecule has 1 aliphatic carbocycles. The zero-order chi connectivity index (χ0) is 35.0. The van der Waals surface area contributed by atoms with Gasteiger partial charge in [-0.05, 0) is 92.7 Å². The third-order valence-corrected chi connectivity index (χ3v) is 12.1. The molecular weight excluding hydrogens is 643 g/mol. The number of hydrogen-bond donors (Lipinski definition) is 0. The van der Waals surface area contributed by atoms with Gasteiger partial charge in [-0.3, -0.25) is 4.40 Å². The van der Waals surface area contributed by atoms with Gasteiger partial charge in [-0.1, -0.05) is 129 Å². The first kappa shape index (κ1) is 28.9. The van der Waals surface area contributed by atoms with Crippen molar-refractivity contribution in [2.24, 2.45) is 0 Å². The molecule has 11 aromatic rings. The van der Waals surface area contributed by atoms with Crippen molar-refractivity contribution in [2.45, 2.75) is 19.3 Å². The molecule has 0 radical (unpaired) electrons. The number of benzene rings is 8. The van der Waals surface area contributed by atoms with E-state index in [1.165, 1.54) is 76.7 Å². The van der Waals surface area contributed by atoms with E-state index >= 15 is 0 Å². The third-order valence-electron chi connectivity index (χ3n) is 12.1. The quantitative estimate of drug-likeness (QED) is 0.167. The lowest BCUT2D eigenvalue weighted by molar-refractivity contribution is 0.660. The van der Waals surface area contributed by atoms with E-state index in [1.807, 2.05) is 0 Å². The fraction of sp³-hybridized carbons (Fsp3) is 0.0600. The van der Waals surface area contributed by atoms with Gasteiger partial charge < -0.3 is 4.57 Å². The average molecular weight is 676 g/mol. The van der Waals surface area contributed by atoms with Crippen molar-refractivity contribution in [1.82, 2.24) is 14.0 Å². The molecule has 3 heteroatoms. The summed E-state index contributed by atoms with van der Waals surface area (Å²) < 4.78 is 4.82. The Balaban J connectivity index is 1.15. The summed E-state index contributed by atoms with van der Waals surface area (Å²) in [6, 6.07) is 60.5. The number of rotatable bonds is 2. The maximum absolute atomic E-state index is 5.11. The zero-order valence-electron chi connectivity index (χ0n) is 29.4. The van der Waals surface area contributed by atoms with Crippen molar-refractivity contribution in [2.75, 3.05) is 0 Å². The molecule has 0 unspecified atom stereocenters.